The van der Waals surface area contributed by atoms with Crippen molar-refractivity contribution in [3.05, 3.63) is 5.82 Å². The van der Waals surface area contributed by atoms with Gasteiger partial charge in [-0.2, -0.15) is 5.21 Å². The van der Waals surface area contributed by atoms with Gasteiger partial charge in [0.1, 0.15) is 0 Å². The Balaban J connectivity index is 1.84. The molecule has 7 heteroatoms. The van der Waals surface area contributed by atoms with Gasteiger partial charge in [-0.05, 0) is 30.9 Å². The van der Waals surface area contributed by atoms with E-state index in [1.807, 2.05) is 4.90 Å². The maximum Gasteiger partial charge on any atom is 0.295 e. The Morgan fingerprint density at radius 1 is 1.38 bits per heavy atom. The average molecular weight is 222 g/mol. The van der Waals surface area contributed by atoms with Gasteiger partial charge in [0.05, 0.1) is 0 Å². The van der Waals surface area contributed by atoms with Gasteiger partial charge in [0.2, 0.25) is 0 Å². The Kier molecular flexibility index (Phi) is 2.13. The summed E-state index contributed by atoms with van der Waals surface area (Å²) < 4.78 is 0. The number of nitrogens with two attached hydrogens (primary N) is 1. The molecule has 1 aromatic heterocycles. The van der Waals surface area contributed by atoms with Crippen molar-refractivity contribution >= 4 is 5.91 Å². The number of rotatable bonds is 1. The predicted octanol–water partition coefficient (Wildman–Crippen LogP) is -0.706. The van der Waals surface area contributed by atoms with Crippen molar-refractivity contribution in [3.63, 3.8) is 0 Å². The summed E-state index contributed by atoms with van der Waals surface area (Å²) in [6.45, 7) is 0. The van der Waals surface area contributed by atoms with E-state index in [1.165, 1.54) is 0 Å². The Labute approximate surface area is 92.4 Å². The van der Waals surface area contributed by atoms with Crippen LogP contribution in [0.25, 0.3) is 0 Å². The molecule has 0 aromatic carbocycles. The van der Waals surface area contributed by atoms with Crippen molar-refractivity contribution in [2.75, 3.05) is 0 Å². The van der Waals surface area contributed by atoms with Gasteiger partial charge < -0.3 is 10.6 Å². The maximum atomic E-state index is 12.1. The standard InChI is InChI=1S/C9H14N6O/c10-5-3-6-1-2-7(4-5)15(6)9(16)8-11-13-14-12-8/h5-7H,1-4,10H2,(H,11,12,13,14). The second-order valence-corrected chi connectivity index (χ2v) is 4.56. The molecule has 1 amide bonds. The summed E-state index contributed by atoms with van der Waals surface area (Å²) in [5.74, 6) is 0.0421. The predicted molar refractivity (Wildman–Crippen MR) is 54.4 cm³/mol. The lowest BCUT2D eigenvalue weighted by molar-refractivity contribution is 0.0562. The van der Waals surface area contributed by atoms with E-state index in [0.717, 1.165) is 25.7 Å². The fourth-order valence-corrected chi connectivity index (χ4v) is 2.92. The number of amides is 1. The van der Waals surface area contributed by atoms with Gasteiger partial charge in [-0.3, -0.25) is 4.79 Å². The van der Waals surface area contributed by atoms with Crippen molar-refractivity contribution in [1.29, 1.82) is 0 Å². The van der Waals surface area contributed by atoms with Gasteiger partial charge in [-0.15, -0.1) is 10.2 Å². The Bertz CT molecular complexity index is 377. The molecule has 2 fully saturated rings. The quantitative estimate of drug-likeness (QED) is 0.654. The van der Waals surface area contributed by atoms with E-state index >= 15 is 0 Å². The molecule has 2 unspecified atom stereocenters. The molecule has 3 heterocycles. The van der Waals surface area contributed by atoms with Crippen LogP contribution in [0.2, 0.25) is 0 Å². The Morgan fingerprint density at radius 3 is 2.62 bits per heavy atom. The first-order chi connectivity index (χ1) is 7.75. The normalized spacial score (nSPS) is 33.1. The lowest BCUT2D eigenvalue weighted by atomic mass is 9.98. The summed E-state index contributed by atoms with van der Waals surface area (Å²) in [4.78, 5) is 14.0. The highest BCUT2D eigenvalue weighted by atomic mass is 16.2. The third kappa shape index (κ3) is 1.39. The van der Waals surface area contributed by atoms with Crippen LogP contribution in [0.5, 0.6) is 0 Å². The molecule has 1 aromatic rings. The maximum absolute atomic E-state index is 12.1. The Morgan fingerprint density at radius 2 is 2.06 bits per heavy atom. The molecule has 3 N–H and O–H groups in total. The van der Waals surface area contributed by atoms with Crippen LogP contribution in [-0.2, 0) is 0 Å². The number of aromatic amines is 1. The van der Waals surface area contributed by atoms with Crippen molar-refractivity contribution in [1.82, 2.24) is 25.5 Å². The summed E-state index contributed by atoms with van der Waals surface area (Å²) >= 11 is 0. The second-order valence-electron chi connectivity index (χ2n) is 4.56. The molecule has 2 atom stereocenters. The summed E-state index contributed by atoms with van der Waals surface area (Å²) in [5.41, 5.74) is 5.95. The van der Waals surface area contributed by atoms with Crippen molar-refractivity contribution in [2.45, 2.75) is 43.8 Å². The first-order valence-corrected chi connectivity index (χ1v) is 5.57. The summed E-state index contributed by atoms with van der Waals surface area (Å²) in [6.07, 6.45) is 3.87. The van der Waals surface area contributed by atoms with E-state index in [2.05, 4.69) is 20.6 Å². The number of nitrogens with zero attached hydrogens (tertiary/aromatic N) is 4. The van der Waals surface area contributed by atoms with Gasteiger partial charge in [0, 0.05) is 18.1 Å². The van der Waals surface area contributed by atoms with Gasteiger partial charge in [-0.1, -0.05) is 0 Å². The minimum Gasteiger partial charge on any atom is -0.330 e. The van der Waals surface area contributed by atoms with Crippen LogP contribution in [0.4, 0.5) is 0 Å². The molecule has 3 rings (SSSR count). The van der Waals surface area contributed by atoms with Crippen LogP contribution in [-0.4, -0.2) is 49.6 Å². The number of hydrogen-bond donors (Lipinski definition) is 2. The number of aromatic nitrogens is 4. The lowest BCUT2D eigenvalue weighted by Gasteiger charge is -2.36. The third-order valence-electron chi connectivity index (χ3n) is 3.54. The van der Waals surface area contributed by atoms with Gasteiger partial charge in [0.25, 0.3) is 11.7 Å². The first-order valence-electron chi connectivity index (χ1n) is 5.57. The molecule has 2 aliphatic heterocycles. The van der Waals surface area contributed by atoms with Crippen LogP contribution in [0, 0.1) is 0 Å². The molecule has 2 aliphatic rings. The summed E-state index contributed by atoms with van der Waals surface area (Å²) in [6, 6.07) is 0.756. The monoisotopic (exact) mass is 222 g/mol. The zero-order valence-corrected chi connectivity index (χ0v) is 8.83. The van der Waals surface area contributed by atoms with Crippen LogP contribution in [0.15, 0.2) is 0 Å². The second kappa shape index (κ2) is 3.51. The molecular weight excluding hydrogens is 208 g/mol. The van der Waals surface area contributed by atoms with E-state index in [0.29, 0.717) is 0 Å². The largest absolute Gasteiger partial charge is 0.330 e. The fraction of sp³-hybridized carbons (Fsp3) is 0.778. The first kappa shape index (κ1) is 9.71. The molecule has 86 valence electrons. The lowest BCUT2D eigenvalue weighted by Crippen LogP contribution is -2.50. The van der Waals surface area contributed by atoms with Crippen molar-refractivity contribution < 1.29 is 4.79 Å². The molecule has 0 spiro atoms. The highest BCUT2D eigenvalue weighted by Gasteiger charge is 2.43. The van der Waals surface area contributed by atoms with E-state index in [9.17, 15) is 4.79 Å². The van der Waals surface area contributed by atoms with Crippen LogP contribution in [0.1, 0.15) is 36.3 Å². The molecule has 0 saturated carbocycles. The van der Waals surface area contributed by atoms with Gasteiger partial charge >= 0.3 is 0 Å². The number of piperidine rings is 1. The van der Waals surface area contributed by atoms with Crippen molar-refractivity contribution in [3.8, 4) is 0 Å². The number of hydrogen-bond acceptors (Lipinski definition) is 5. The van der Waals surface area contributed by atoms with Crippen molar-refractivity contribution in [2.24, 2.45) is 5.73 Å². The van der Waals surface area contributed by atoms with Crippen LogP contribution >= 0.6 is 0 Å². The van der Waals surface area contributed by atoms with E-state index in [4.69, 9.17) is 5.73 Å². The number of fused-ring (bicyclic) bond motifs is 2. The molecule has 2 bridgehead atoms. The number of carbonyl (C=O) groups is 1. The SMILES string of the molecule is NC1CC2CCC(C1)N2C(=O)c1nn[nH]n1. The van der Waals surface area contributed by atoms with Crippen LogP contribution in [0.3, 0.4) is 0 Å². The molecule has 7 nitrogen and oxygen atoms in total. The molecule has 0 aliphatic carbocycles. The number of carbonyl (C=O) groups excluding carboxylic acids is 1. The molecule has 2 saturated heterocycles. The van der Waals surface area contributed by atoms with E-state index < -0.39 is 0 Å². The van der Waals surface area contributed by atoms with Gasteiger partial charge in [-0.25, -0.2) is 0 Å². The van der Waals surface area contributed by atoms with Crippen LogP contribution < -0.4 is 5.73 Å². The van der Waals surface area contributed by atoms with E-state index in [-0.39, 0.29) is 29.9 Å². The van der Waals surface area contributed by atoms with E-state index in [1.54, 1.807) is 0 Å². The summed E-state index contributed by atoms with van der Waals surface area (Å²) in [7, 11) is 0. The number of tetrazole rings is 1. The van der Waals surface area contributed by atoms with Gasteiger partial charge in [0.15, 0.2) is 0 Å². The topological polar surface area (TPSA) is 101 Å². The minimum absolute atomic E-state index is 0.117. The zero-order chi connectivity index (χ0) is 11.1. The Hall–Kier alpha value is -1.50. The summed E-state index contributed by atoms with van der Waals surface area (Å²) in [5, 5.41) is 13.2. The number of nitrogens with one attached hydrogen (secondary N) is 1. The highest BCUT2D eigenvalue weighted by Crippen LogP contribution is 2.35. The number of H-pyrrole nitrogens is 1. The third-order valence-corrected chi connectivity index (χ3v) is 3.54. The fourth-order valence-electron chi connectivity index (χ4n) is 2.92. The molecule has 16 heavy (non-hydrogen) atoms. The average Bonchev–Trinajstić information content (AvgIpc) is 2.85. The zero-order valence-electron chi connectivity index (χ0n) is 8.83. The smallest absolute Gasteiger partial charge is 0.295 e. The molecular formula is C9H14N6O. The minimum atomic E-state index is -0.117. The highest BCUT2D eigenvalue weighted by molar-refractivity contribution is 5.91. The molecule has 0 radical (unpaired) electrons.